The van der Waals surface area contributed by atoms with Gasteiger partial charge in [-0.3, -0.25) is 4.90 Å². The van der Waals surface area contributed by atoms with Crippen molar-refractivity contribution in [3.05, 3.63) is 0 Å². The van der Waals surface area contributed by atoms with Gasteiger partial charge in [-0.25, -0.2) is 0 Å². The van der Waals surface area contributed by atoms with Gasteiger partial charge >= 0.3 is 0 Å². The molecule has 0 aromatic carbocycles. The topological polar surface area (TPSA) is 24.5 Å². The number of hydrogen-bond acceptors (Lipinski definition) is 3. The molecule has 0 bridgehead atoms. The van der Waals surface area contributed by atoms with E-state index in [1.165, 1.54) is 19.3 Å². The average molecular weight is 244 g/mol. The molecule has 0 fully saturated rings. The lowest BCUT2D eigenvalue weighted by atomic mass is 10.1. The fourth-order valence-electron chi connectivity index (χ4n) is 2.02. The molecule has 0 spiro atoms. The molecule has 0 aliphatic carbocycles. The van der Waals surface area contributed by atoms with Crippen LogP contribution < -0.4 is 5.32 Å². The van der Waals surface area contributed by atoms with Crippen LogP contribution in [0, 0.1) is 0 Å². The van der Waals surface area contributed by atoms with Crippen molar-refractivity contribution in [2.45, 2.75) is 53.0 Å². The smallest absolute Gasteiger partial charge is 0.0593 e. The van der Waals surface area contributed by atoms with Gasteiger partial charge in [-0.15, -0.1) is 0 Å². The quantitative estimate of drug-likeness (QED) is 0.534. The Morgan fingerprint density at radius 2 is 1.94 bits per heavy atom. The van der Waals surface area contributed by atoms with Crippen molar-refractivity contribution in [1.29, 1.82) is 0 Å². The van der Waals surface area contributed by atoms with Gasteiger partial charge < -0.3 is 10.1 Å². The molecule has 0 amide bonds. The van der Waals surface area contributed by atoms with Crippen LogP contribution in [-0.2, 0) is 4.74 Å². The van der Waals surface area contributed by atoms with E-state index in [0.29, 0.717) is 6.04 Å². The van der Waals surface area contributed by atoms with Crippen LogP contribution in [-0.4, -0.2) is 50.3 Å². The predicted molar refractivity (Wildman–Crippen MR) is 75.6 cm³/mol. The number of hydrogen-bond donors (Lipinski definition) is 1. The molecular weight excluding hydrogens is 212 g/mol. The summed E-state index contributed by atoms with van der Waals surface area (Å²) in [6.07, 6.45) is 3.77. The summed E-state index contributed by atoms with van der Waals surface area (Å²) in [6.45, 7) is 15.0. The number of likely N-dealkylation sites (N-methyl/N-ethyl adjacent to an activating group) is 1. The van der Waals surface area contributed by atoms with Gasteiger partial charge in [0.25, 0.3) is 0 Å². The Balaban J connectivity index is 3.57. The minimum Gasteiger partial charge on any atom is -0.380 e. The van der Waals surface area contributed by atoms with Gasteiger partial charge in [0.15, 0.2) is 0 Å². The third-order valence-corrected chi connectivity index (χ3v) is 3.16. The molecule has 0 aliphatic heterocycles. The maximum Gasteiger partial charge on any atom is 0.0593 e. The summed E-state index contributed by atoms with van der Waals surface area (Å²) >= 11 is 0. The highest BCUT2D eigenvalue weighted by molar-refractivity contribution is 4.66. The normalized spacial score (nSPS) is 13.2. The van der Waals surface area contributed by atoms with E-state index in [0.717, 1.165) is 39.4 Å². The zero-order valence-corrected chi connectivity index (χ0v) is 12.3. The van der Waals surface area contributed by atoms with Crippen molar-refractivity contribution in [2.75, 3.05) is 39.4 Å². The minimum absolute atomic E-state index is 0.670. The average Bonchev–Trinajstić information content (AvgIpc) is 2.34. The SMILES string of the molecule is CCCNCCCC(C)N(CC)CCOCC. The van der Waals surface area contributed by atoms with Gasteiger partial charge in [0, 0.05) is 19.2 Å². The van der Waals surface area contributed by atoms with Crippen LogP contribution in [0.25, 0.3) is 0 Å². The van der Waals surface area contributed by atoms with Crippen molar-refractivity contribution in [3.8, 4) is 0 Å². The summed E-state index contributed by atoms with van der Waals surface area (Å²) in [5.41, 5.74) is 0. The molecule has 0 radical (unpaired) electrons. The Labute approximate surface area is 108 Å². The molecule has 104 valence electrons. The highest BCUT2D eigenvalue weighted by atomic mass is 16.5. The molecule has 1 N–H and O–H groups in total. The molecule has 1 atom stereocenters. The minimum atomic E-state index is 0.670. The van der Waals surface area contributed by atoms with Gasteiger partial charge in [0.1, 0.15) is 0 Å². The maximum atomic E-state index is 5.42. The molecule has 0 rings (SSSR count). The van der Waals surface area contributed by atoms with Crippen LogP contribution in [0.4, 0.5) is 0 Å². The molecule has 0 aliphatic rings. The second-order valence-corrected chi connectivity index (χ2v) is 4.57. The molecule has 0 aromatic heterocycles. The Kier molecular flexibility index (Phi) is 12.3. The molecule has 3 heteroatoms. The van der Waals surface area contributed by atoms with Crippen LogP contribution in [0.5, 0.6) is 0 Å². The van der Waals surface area contributed by atoms with E-state index in [2.05, 4.69) is 37.9 Å². The standard InChI is InChI=1S/C14H32N2O/c1-5-10-15-11-8-9-14(4)16(6-2)12-13-17-7-3/h14-15H,5-13H2,1-4H3. The van der Waals surface area contributed by atoms with Crippen LogP contribution in [0.15, 0.2) is 0 Å². The lowest BCUT2D eigenvalue weighted by molar-refractivity contribution is 0.0977. The first-order valence-electron chi connectivity index (χ1n) is 7.28. The van der Waals surface area contributed by atoms with E-state index in [4.69, 9.17) is 4.74 Å². The summed E-state index contributed by atoms with van der Waals surface area (Å²) in [6, 6.07) is 0.670. The van der Waals surface area contributed by atoms with Crippen LogP contribution in [0.1, 0.15) is 47.0 Å². The maximum absolute atomic E-state index is 5.42. The van der Waals surface area contributed by atoms with Crippen molar-refractivity contribution < 1.29 is 4.74 Å². The second kappa shape index (κ2) is 12.3. The van der Waals surface area contributed by atoms with Gasteiger partial charge in [-0.05, 0) is 52.7 Å². The highest BCUT2D eigenvalue weighted by Gasteiger charge is 2.10. The third-order valence-electron chi connectivity index (χ3n) is 3.16. The van der Waals surface area contributed by atoms with Gasteiger partial charge in [-0.1, -0.05) is 13.8 Å². The fourth-order valence-corrected chi connectivity index (χ4v) is 2.02. The number of rotatable bonds is 12. The second-order valence-electron chi connectivity index (χ2n) is 4.57. The molecule has 0 saturated carbocycles. The molecule has 0 aromatic rings. The molecule has 0 saturated heterocycles. The summed E-state index contributed by atoms with van der Waals surface area (Å²) in [5, 5.41) is 3.46. The number of ether oxygens (including phenoxy) is 1. The number of nitrogens with one attached hydrogen (secondary N) is 1. The molecule has 3 nitrogen and oxygen atoms in total. The first-order valence-corrected chi connectivity index (χ1v) is 7.28. The lowest BCUT2D eigenvalue weighted by Crippen LogP contribution is -2.36. The Hall–Kier alpha value is -0.120. The van der Waals surface area contributed by atoms with Gasteiger partial charge in [-0.2, -0.15) is 0 Å². The van der Waals surface area contributed by atoms with E-state index in [-0.39, 0.29) is 0 Å². The largest absolute Gasteiger partial charge is 0.380 e. The summed E-state index contributed by atoms with van der Waals surface area (Å²) in [5.74, 6) is 0. The number of nitrogens with zero attached hydrogens (tertiary/aromatic N) is 1. The summed E-state index contributed by atoms with van der Waals surface area (Å²) in [7, 11) is 0. The molecular formula is C14H32N2O. The summed E-state index contributed by atoms with van der Waals surface area (Å²) in [4.78, 5) is 2.51. The Morgan fingerprint density at radius 3 is 2.53 bits per heavy atom. The summed E-state index contributed by atoms with van der Waals surface area (Å²) < 4.78 is 5.42. The van der Waals surface area contributed by atoms with Crippen molar-refractivity contribution in [3.63, 3.8) is 0 Å². The van der Waals surface area contributed by atoms with Gasteiger partial charge in [0.2, 0.25) is 0 Å². The third kappa shape index (κ3) is 9.57. The van der Waals surface area contributed by atoms with Crippen LogP contribution in [0.2, 0.25) is 0 Å². The first-order chi connectivity index (χ1) is 8.26. The zero-order valence-electron chi connectivity index (χ0n) is 12.3. The zero-order chi connectivity index (χ0) is 12.9. The van der Waals surface area contributed by atoms with Crippen LogP contribution in [0.3, 0.4) is 0 Å². The Bertz CT molecular complexity index is 153. The molecule has 17 heavy (non-hydrogen) atoms. The first kappa shape index (κ1) is 16.9. The molecule has 1 unspecified atom stereocenters. The van der Waals surface area contributed by atoms with Gasteiger partial charge in [0.05, 0.1) is 6.61 Å². The van der Waals surface area contributed by atoms with Crippen molar-refractivity contribution >= 4 is 0 Å². The molecule has 0 heterocycles. The van der Waals surface area contributed by atoms with E-state index in [1.807, 2.05) is 0 Å². The lowest BCUT2D eigenvalue weighted by Gasteiger charge is -2.27. The fraction of sp³-hybridized carbons (Fsp3) is 1.00. The van der Waals surface area contributed by atoms with E-state index < -0.39 is 0 Å². The monoisotopic (exact) mass is 244 g/mol. The Morgan fingerprint density at radius 1 is 1.18 bits per heavy atom. The van der Waals surface area contributed by atoms with Crippen molar-refractivity contribution in [2.24, 2.45) is 0 Å². The highest BCUT2D eigenvalue weighted by Crippen LogP contribution is 2.05. The van der Waals surface area contributed by atoms with E-state index >= 15 is 0 Å². The van der Waals surface area contributed by atoms with Crippen LogP contribution >= 0.6 is 0 Å². The van der Waals surface area contributed by atoms with Crippen molar-refractivity contribution in [1.82, 2.24) is 10.2 Å². The van der Waals surface area contributed by atoms with E-state index in [9.17, 15) is 0 Å². The predicted octanol–water partition coefficient (Wildman–Crippen LogP) is 2.51. The van der Waals surface area contributed by atoms with E-state index in [1.54, 1.807) is 0 Å².